The van der Waals surface area contributed by atoms with E-state index in [1.165, 1.54) is 13.2 Å². The van der Waals surface area contributed by atoms with Crippen LogP contribution < -0.4 is 14.2 Å². The lowest BCUT2D eigenvalue weighted by Gasteiger charge is -2.15. The molecule has 0 saturated carbocycles. The van der Waals surface area contributed by atoms with Crippen LogP contribution >= 0.6 is 22.6 Å². The van der Waals surface area contributed by atoms with E-state index >= 15 is 0 Å². The third-order valence-electron chi connectivity index (χ3n) is 6.47. The average molecular weight is 695 g/mol. The van der Waals surface area contributed by atoms with Crippen LogP contribution in [0.25, 0.3) is 0 Å². The van der Waals surface area contributed by atoms with Gasteiger partial charge in [0, 0.05) is 5.56 Å². The molecule has 0 amide bonds. The van der Waals surface area contributed by atoms with Crippen LogP contribution in [0.1, 0.15) is 43.0 Å². The fraction of sp³-hybridized carbons (Fsp3) is 0.0811. The summed E-state index contributed by atoms with van der Waals surface area (Å²) in [4.78, 5) is 26.8. The number of hydrogen-bond acceptors (Lipinski definition) is 6. The van der Waals surface area contributed by atoms with Gasteiger partial charge in [0.05, 0.1) is 27.4 Å². The molecule has 0 radical (unpaired) electrons. The van der Waals surface area contributed by atoms with Gasteiger partial charge in [-0.25, -0.2) is 9.59 Å². The smallest absolute Gasteiger partial charge is 0.344 e. The molecule has 218 valence electrons. The topological polar surface area (TPSA) is 71.1 Å². The molecule has 5 aromatic rings. The highest BCUT2D eigenvalue weighted by molar-refractivity contribution is 14.1. The third-order valence-corrected chi connectivity index (χ3v) is 7.53. The van der Waals surface area contributed by atoms with Gasteiger partial charge in [-0.15, -0.1) is 0 Å². The number of carbonyl (C=O) groups is 2. The normalized spacial score (nSPS) is 10.2. The molecule has 5 rings (SSSR count). The summed E-state index contributed by atoms with van der Waals surface area (Å²) < 4.78 is 23.6. The van der Waals surface area contributed by atoms with E-state index in [-0.39, 0.29) is 30.1 Å². The van der Waals surface area contributed by atoms with Crippen LogP contribution in [0.5, 0.6) is 17.2 Å². The standard InChI is InChI=1S/C37H27IO6/c1-41-32-19-11-18-31(30(32)21-20-26-12-5-2-6-13-26)37(40)44-34-23-29(36(39)43-25-28-16-9-4-10-17-28)22-33(35(34)38)42-24-27-14-7-3-8-15-27/h2-19,22-23H,24-25H2,1H3. The minimum atomic E-state index is -0.664. The first-order chi connectivity index (χ1) is 21.5. The Labute approximate surface area is 269 Å². The molecule has 0 heterocycles. The van der Waals surface area contributed by atoms with E-state index < -0.39 is 11.9 Å². The van der Waals surface area contributed by atoms with Gasteiger partial charge in [0.15, 0.2) is 0 Å². The number of carbonyl (C=O) groups excluding carboxylic acids is 2. The van der Waals surface area contributed by atoms with Gasteiger partial charge in [-0.2, -0.15) is 0 Å². The maximum absolute atomic E-state index is 13.6. The molecule has 0 aromatic heterocycles. The van der Waals surface area contributed by atoms with Crippen LogP contribution in [0.4, 0.5) is 0 Å². The lowest BCUT2D eigenvalue weighted by atomic mass is 10.1. The first-order valence-corrected chi connectivity index (χ1v) is 14.8. The van der Waals surface area contributed by atoms with Crippen molar-refractivity contribution in [2.24, 2.45) is 0 Å². The molecule has 0 spiro atoms. The summed E-state index contributed by atoms with van der Waals surface area (Å²) in [6.07, 6.45) is 0. The number of rotatable bonds is 9. The molecule has 5 aromatic carbocycles. The number of ether oxygens (including phenoxy) is 4. The molecular weight excluding hydrogens is 667 g/mol. The molecule has 7 heteroatoms. The molecule has 0 saturated heterocycles. The van der Waals surface area contributed by atoms with Crippen LogP contribution in [0, 0.1) is 15.4 Å². The van der Waals surface area contributed by atoms with Gasteiger partial charge >= 0.3 is 11.9 Å². The Bertz CT molecular complexity index is 1810. The predicted molar refractivity (Wildman–Crippen MR) is 176 cm³/mol. The van der Waals surface area contributed by atoms with Crippen molar-refractivity contribution in [1.82, 2.24) is 0 Å². The quantitative estimate of drug-likeness (QED) is 0.0678. The third kappa shape index (κ3) is 7.85. The van der Waals surface area contributed by atoms with E-state index in [9.17, 15) is 9.59 Å². The summed E-state index contributed by atoms with van der Waals surface area (Å²) in [7, 11) is 1.52. The van der Waals surface area contributed by atoms with Gasteiger partial charge < -0.3 is 18.9 Å². The minimum Gasteiger partial charge on any atom is -0.495 e. The Hall–Kier alpha value is -5.07. The van der Waals surface area contributed by atoms with E-state index in [0.717, 1.165) is 16.7 Å². The first kappa shape index (κ1) is 30.4. The molecule has 44 heavy (non-hydrogen) atoms. The van der Waals surface area contributed by atoms with E-state index in [4.69, 9.17) is 18.9 Å². The zero-order valence-corrected chi connectivity index (χ0v) is 25.9. The number of hydrogen-bond donors (Lipinski definition) is 0. The fourth-order valence-electron chi connectivity index (χ4n) is 4.22. The zero-order chi connectivity index (χ0) is 30.7. The summed E-state index contributed by atoms with van der Waals surface area (Å²) in [6.45, 7) is 0.343. The predicted octanol–water partition coefficient (Wildman–Crippen LogP) is 7.85. The van der Waals surface area contributed by atoms with Crippen LogP contribution in [0.15, 0.2) is 121 Å². The lowest BCUT2D eigenvalue weighted by Crippen LogP contribution is -2.14. The van der Waals surface area contributed by atoms with Gasteiger partial charge in [-0.3, -0.25) is 0 Å². The van der Waals surface area contributed by atoms with Gasteiger partial charge in [0.25, 0.3) is 0 Å². The largest absolute Gasteiger partial charge is 0.495 e. The molecule has 0 aliphatic rings. The molecule has 0 N–H and O–H groups in total. The number of benzene rings is 5. The van der Waals surface area contributed by atoms with Crippen molar-refractivity contribution in [2.75, 3.05) is 7.11 Å². The lowest BCUT2D eigenvalue weighted by molar-refractivity contribution is 0.0470. The molecule has 6 nitrogen and oxygen atoms in total. The zero-order valence-electron chi connectivity index (χ0n) is 23.8. The fourth-order valence-corrected chi connectivity index (χ4v) is 4.80. The maximum atomic E-state index is 13.6. The van der Waals surface area contributed by atoms with Crippen molar-refractivity contribution in [3.63, 3.8) is 0 Å². The van der Waals surface area contributed by atoms with Crippen LogP contribution in [0.3, 0.4) is 0 Å². The molecule has 0 atom stereocenters. The van der Waals surface area contributed by atoms with E-state index in [1.807, 2.05) is 114 Å². The Morgan fingerprint density at radius 2 is 1.27 bits per heavy atom. The summed E-state index contributed by atoms with van der Waals surface area (Å²) in [5, 5.41) is 0. The second kappa shape index (κ2) is 14.9. The van der Waals surface area contributed by atoms with Crippen molar-refractivity contribution < 1.29 is 28.5 Å². The molecular formula is C37H27IO6. The van der Waals surface area contributed by atoms with E-state index in [1.54, 1.807) is 24.3 Å². The highest BCUT2D eigenvalue weighted by atomic mass is 127. The second-order valence-corrected chi connectivity index (χ2v) is 10.6. The summed E-state index contributed by atoms with van der Waals surface area (Å²) in [6, 6.07) is 36.6. The SMILES string of the molecule is COc1cccc(C(=O)Oc2cc(C(=O)OCc3ccccc3)cc(OCc3ccccc3)c2I)c1C#Cc1ccccc1. The molecule has 0 aliphatic heterocycles. The molecule has 0 unspecified atom stereocenters. The Balaban J connectivity index is 1.46. The Morgan fingerprint density at radius 3 is 1.93 bits per heavy atom. The van der Waals surface area contributed by atoms with Crippen molar-refractivity contribution >= 4 is 34.5 Å². The highest BCUT2D eigenvalue weighted by Crippen LogP contribution is 2.34. The van der Waals surface area contributed by atoms with Crippen LogP contribution in [-0.4, -0.2) is 19.0 Å². The number of methoxy groups -OCH3 is 1. The van der Waals surface area contributed by atoms with Crippen molar-refractivity contribution in [3.05, 3.63) is 158 Å². The van der Waals surface area contributed by atoms with Gasteiger partial charge in [0.2, 0.25) is 0 Å². The average Bonchev–Trinajstić information content (AvgIpc) is 3.07. The number of halogens is 1. The van der Waals surface area contributed by atoms with Crippen molar-refractivity contribution in [1.29, 1.82) is 0 Å². The Kier molecular flexibility index (Phi) is 10.3. The highest BCUT2D eigenvalue weighted by Gasteiger charge is 2.22. The van der Waals surface area contributed by atoms with Crippen LogP contribution in [-0.2, 0) is 18.0 Å². The van der Waals surface area contributed by atoms with Gasteiger partial charge in [0.1, 0.15) is 30.5 Å². The van der Waals surface area contributed by atoms with Crippen molar-refractivity contribution in [3.8, 4) is 29.1 Å². The van der Waals surface area contributed by atoms with E-state index in [0.29, 0.717) is 20.6 Å². The Morgan fingerprint density at radius 1 is 0.659 bits per heavy atom. The molecule has 0 fully saturated rings. The maximum Gasteiger partial charge on any atom is 0.344 e. The molecule has 0 bridgehead atoms. The molecule has 0 aliphatic carbocycles. The second-order valence-electron chi connectivity index (χ2n) is 9.51. The summed E-state index contributed by atoms with van der Waals surface area (Å²) >= 11 is 2.05. The van der Waals surface area contributed by atoms with Gasteiger partial charge in [-0.05, 0) is 70.1 Å². The number of esters is 2. The summed E-state index contributed by atoms with van der Waals surface area (Å²) in [5.41, 5.74) is 3.36. The first-order valence-electron chi connectivity index (χ1n) is 13.7. The monoisotopic (exact) mass is 694 g/mol. The van der Waals surface area contributed by atoms with Crippen molar-refractivity contribution in [2.45, 2.75) is 13.2 Å². The van der Waals surface area contributed by atoms with E-state index in [2.05, 4.69) is 11.8 Å². The van der Waals surface area contributed by atoms with Gasteiger partial charge in [-0.1, -0.05) is 96.8 Å². The van der Waals surface area contributed by atoms with Crippen LogP contribution in [0.2, 0.25) is 0 Å². The minimum absolute atomic E-state index is 0.0915. The summed E-state index contributed by atoms with van der Waals surface area (Å²) in [5.74, 6) is 5.86.